The van der Waals surface area contributed by atoms with E-state index in [1.807, 2.05) is 0 Å². The van der Waals surface area contributed by atoms with Gasteiger partial charge in [0.15, 0.2) is 0 Å². The zero-order valence-electron chi connectivity index (χ0n) is 9.99. The molecule has 2 aromatic rings. The third-order valence-electron chi connectivity index (χ3n) is 2.31. The van der Waals surface area contributed by atoms with Crippen molar-refractivity contribution < 1.29 is 9.66 Å². The lowest BCUT2D eigenvalue weighted by molar-refractivity contribution is -0.384. The normalized spacial score (nSPS) is 10.4. The number of thioether (sulfide) groups is 1. The second-order valence-electron chi connectivity index (χ2n) is 3.55. The van der Waals surface area contributed by atoms with Crippen LogP contribution in [0.4, 0.5) is 11.6 Å². The van der Waals surface area contributed by atoms with Crippen molar-refractivity contribution in [2.24, 2.45) is 0 Å². The van der Waals surface area contributed by atoms with Crippen LogP contribution in [-0.4, -0.2) is 27.2 Å². The molecular weight excluding hydrogens is 270 g/mol. The SMILES string of the molecule is COc1ccc([N+](=O)[O-])cc1CSc1n[nH]c(N)n1. The lowest BCUT2D eigenvalue weighted by atomic mass is 10.2. The van der Waals surface area contributed by atoms with Crippen molar-refractivity contribution in [1.29, 1.82) is 0 Å². The van der Waals surface area contributed by atoms with E-state index in [1.54, 1.807) is 6.07 Å². The van der Waals surface area contributed by atoms with Crippen molar-refractivity contribution in [2.75, 3.05) is 12.8 Å². The van der Waals surface area contributed by atoms with Crippen LogP contribution < -0.4 is 10.5 Å². The number of hydrogen-bond acceptors (Lipinski definition) is 7. The smallest absolute Gasteiger partial charge is 0.270 e. The van der Waals surface area contributed by atoms with Gasteiger partial charge in [0.25, 0.3) is 5.69 Å². The summed E-state index contributed by atoms with van der Waals surface area (Å²) in [6, 6.07) is 4.44. The fourth-order valence-electron chi connectivity index (χ4n) is 1.46. The molecule has 100 valence electrons. The number of H-pyrrole nitrogens is 1. The minimum atomic E-state index is -0.446. The van der Waals surface area contributed by atoms with Gasteiger partial charge in [-0.25, -0.2) is 5.10 Å². The van der Waals surface area contributed by atoms with E-state index in [4.69, 9.17) is 10.5 Å². The number of hydrogen-bond donors (Lipinski definition) is 2. The summed E-state index contributed by atoms with van der Waals surface area (Å²) < 4.78 is 5.16. The Morgan fingerprint density at radius 1 is 1.58 bits per heavy atom. The number of rotatable bonds is 5. The van der Waals surface area contributed by atoms with Gasteiger partial charge in [-0.1, -0.05) is 11.8 Å². The first kappa shape index (κ1) is 13.1. The number of nitrogens with one attached hydrogen (secondary N) is 1. The molecule has 0 bridgehead atoms. The summed E-state index contributed by atoms with van der Waals surface area (Å²) in [6.07, 6.45) is 0. The van der Waals surface area contributed by atoms with E-state index in [2.05, 4.69) is 15.2 Å². The molecule has 0 amide bonds. The molecule has 1 aromatic carbocycles. The molecule has 0 saturated heterocycles. The summed E-state index contributed by atoms with van der Waals surface area (Å²) in [5.74, 6) is 1.26. The molecule has 3 N–H and O–H groups in total. The molecule has 0 fully saturated rings. The summed E-state index contributed by atoms with van der Waals surface area (Å²) in [5, 5.41) is 17.6. The molecule has 9 heteroatoms. The largest absolute Gasteiger partial charge is 0.496 e. The Kier molecular flexibility index (Phi) is 3.85. The van der Waals surface area contributed by atoms with Crippen LogP contribution in [0.15, 0.2) is 23.4 Å². The Morgan fingerprint density at radius 3 is 2.95 bits per heavy atom. The topological polar surface area (TPSA) is 120 Å². The van der Waals surface area contributed by atoms with E-state index in [0.29, 0.717) is 22.2 Å². The number of nitro benzene ring substituents is 1. The number of nitrogens with zero attached hydrogens (tertiary/aromatic N) is 3. The number of aromatic nitrogens is 3. The van der Waals surface area contributed by atoms with Gasteiger partial charge in [-0.3, -0.25) is 10.1 Å². The zero-order chi connectivity index (χ0) is 13.8. The van der Waals surface area contributed by atoms with Crippen LogP contribution in [0.25, 0.3) is 0 Å². The molecule has 8 nitrogen and oxygen atoms in total. The molecule has 0 atom stereocenters. The third kappa shape index (κ3) is 3.13. The number of anilines is 1. The fraction of sp³-hybridized carbons (Fsp3) is 0.200. The van der Waals surface area contributed by atoms with Crippen molar-refractivity contribution in [3.05, 3.63) is 33.9 Å². The lowest BCUT2D eigenvalue weighted by Crippen LogP contribution is -1.94. The summed E-state index contributed by atoms with van der Waals surface area (Å²) in [7, 11) is 1.51. The molecule has 0 radical (unpaired) electrons. The van der Waals surface area contributed by atoms with Crippen LogP contribution in [0.2, 0.25) is 0 Å². The maximum Gasteiger partial charge on any atom is 0.270 e. The Morgan fingerprint density at radius 2 is 2.37 bits per heavy atom. The van der Waals surface area contributed by atoms with E-state index in [9.17, 15) is 10.1 Å². The first-order valence-electron chi connectivity index (χ1n) is 5.22. The maximum atomic E-state index is 10.7. The van der Waals surface area contributed by atoms with Crippen molar-refractivity contribution in [3.63, 3.8) is 0 Å². The molecule has 0 spiro atoms. The minimum absolute atomic E-state index is 0.0194. The van der Waals surface area contributed by atoms with Crippen molar-refractivity contribution in [3.8, 4) is 5.75 Å². The zero-order valence-corrected chi connectivity index (χ0v) is 10.8. The summed E-state index contributed by atoms with van der Waals surface area (Å²) in [5.41, 5.74) is 6.13. The van der Waals surface area contributed by atoms with Crippen LogP contribution >= 0.6 is 11.8 Å². The van der Waals surface area contributed by atoms with Crippen LogP contribution in [0.5, 0.6) is 5.75 Å². The van der Waals surface area contributed by atoms with Crippen molar-refractivity contribution in [1.82, 2.24) is 15.2 Å². The second-order valence-corrected chi connectivity index (χ2v) is 4.49. The highest BCUT2D eigenvalue weighted by atomic mass is 32.2. The quantitative estimate of drug-likeness (QED) is 0.485. The fourth-order valence-corrected chi connectivity index (χ4v) is 2.24. The van der Waals surface area contributed by atoms with Gasteiger partial charge in [0.1, 0.15) is 5.75 Å². The van der Waals surface area contributed by atoms with Crippen LogP contribution in [0.3, 0.4) is 0 Å². The predicted molar refractivity (Wildman–Crippen MR) is 70.0 cm³/mol. The molecule has 19 heavy (non-hydrogen) atoms. The number of benzene rings is 1. The monoisotopic (exact) mass is 281 g/mol. The number of ether oxygens (including phenoxy) is 1. The van der Waals surface area contributed by atoms with Gasteiger partial charge in [-0.2, -0.15) is 4.98 Å². The Bertz CT molecular complexity index is 601. The Labute approximate surface area is 112 Å². The predicted octanol–water partition coefficient (Wildman–Crippen LogP) is 1.60. The van der Waals surface area contributed by atoms with E-state index >= 15 is 0 Å². The second kappa shape index (κ2) is 5.57. The van der Waals surface area contributed by atoms with Gasteiger partial charge in [0.05, 0.1) is 12.0 Å². The summed E-state index contributed by atoms with van der Waals surface area (Å²) >= 11 is 1.31. The molecule has 2 rings (SSSR count). The first-order chi connectivity index (χ1) is 9.10. The van der Waals surface area contributed by atoms with Crippen LogP contribution in [0, 0.1) is 10.1 Å². The number of non-ortho nitro benzene ring substituents is 1. The van der Waals surface area contributed by atoms with Gasteiger partial charge >= 0.3 is 0 Å². The average Bonchev–Trinajstić information content (AvgIpc) is 2.81. The van der Waals surface area contributed by atoms with Gasteiger partial charge < -0.3 is 10.5 Å². The minimum Gasteiger partial charge on any atom is -0.496 e. The molecule has 0 saturated carbocycles. The number of nitro groups is 1. The molecule has 0 aliphatic rings. The number of nitrogen functional groups attached to an aromatic ring is 1. The van der Waals surface area contributed by atoms with E-state index < -0.39 is 4.92 Å². The highest BCUT2D eigenvalue weighted by Crippen LogP contribution is 2.29. The molecule has 0 aliphatic carbocycles. The number of nitrogens with two attached hydrogens (primary N) is 1. The van der Waals surface area contributed by atoms with Crippen molar-refractivity contribution >= 4 is 23.4 Å². The standard InChI is InChI=1S/C10H11N5O3S/c1-18-8-3-2-7(15(16)17)4-6(8)5-19-10-12-9(11)13-14-10/h2-4H,5H2,1H3,(H3,11,12,13,14). The third-order valence-corrected chi connectivity index (χ3v) is 3.21. The first-order valence-corrected chi connectivity index (χ1v) is 6.20. The van der Waals surface area contributed by atoms with Crippen LogP contribution in [-0.2, 0) is 5.75 Å². The number of methoxy groups -OCH3 is 1. The molecule has 0 aliphatic heterocycles. The molecule has 0 unspecified atom stereocenters. The Hall–Kier alpha value is -2.29. The van der Waals surface area contributed by atoms with Crippen LogP contribution in [0.1, 0.15) is 5.56 Å². The van der Waals surface area contributed by atoms with E-state index in [0.717, 1.165) is 0 Å². The Balaban J connectivity index is 2.17. The average molecular weight is 281 g/mol. The summed E-state index contributed by atoms with van der Waals surface area (Å²) in [6.45, 7) is 0. The van der Waals surface area contributed by atoms with E-state index in [-0.39, 0.29) is 11.6 Å². The van der Waals surface area contributed by atoms with Crippen molar-refractivity contribution in [2.45, 2.75) is 10.9 Å². The lowest BCUT2D eigenvalue weighted by Gasteiger charge is -2.06. The van der Waals surface area contributed by atoms with Gasteiger partial charge in [-0.15, -0.1) is 5.10 Å². The van der Waals surface area contributed by atoms with Gasteiger partial charge in [-0.05, 0) is 6.07 Å². The van der Waals surface area contributed by atoms with Gasteiger partial charge in [0, 0.05) is 23.4 Å². The highest BCUT2D eigenvalue weighted by molar-refractivity contribution is 7.98. The highest BCUT2D eigenvalue weighted by Gasteiger charge is 2.12. The molecule has 1 aromatic heterocycles. The summed E-state index contributed by atoms with van der Waals surface area (Å²) in [4.78, 5) is 14.2. The number of aromatic amines is 1. The molecular formula is C10H11N5O3S. The van der Waals surface area contributed by atoms with Gasteiger partial charge in [0.2, 0.25) is 11.1 Å². The molecule has 1 heterocycles. The van der Waals surface area contributed by atoms with E-state index in [1.165, 1.54) is 31.0 Å². The maximum absolute atomic E-state index is 10.7.